The van der Waals surface area contributed by atoms with E-state index in [1.807, 2.05) is 0 Å². The number of anilines is 1. The van der Waals surface area contributed by atoms with Gasteiger partial charge in [0.2, 0.25) is 11.8 Å². The third-order valence-electron chi connectivity index (χ3n) is 4.40. The van der Waals surface area contributed by atoms with Gasteiger partial charge in [-0.05, 0) is 24.3 Å². The van der Waals surface area contributed by atoms with Gasteiger partial charge in [0.1, 0.15) is 24.1 Å². The van der Waals surface area contributed by atoms with Crippen LogP contribution in [0.5, 0.6) is 0 Å². The number of benzene rings is 1. The minimum Gasteiger partial charge on any atom is -0.467 e. The number of rotatable bonds is 5. The molecule has 0 aliphatic carbocycles. The zero-order chi connectivity index (χ0) is 18.8. The number of halogens is 1. The molecule has 1 aromatic carbocycles. The van der Waals surface area contributed by atoms with Crippen LogP contribution in [0.25, 0.3) is 5.69 Å². The summed E-state index contributed by atoms with van der Waals surface area (Å²) in [6.07, 6.45) is 4.61. The van der Waals surface area contributed by atoms with Gasteiger partial charge in [0.25, 0.3) is 0 Å². The molecule has 138 valence electrons. The van der Waals surface area contributed by atoms with Crippen LogP contribution in [0.1, 0.15) is 12.2 Å². The highest BCUT2D eigenvalue weighted by Crippen LogP contribution is 2.29. The Bertz CT molecular complexity index is 956. The molecule has 4 rings (SSSR count). The Labute approximate surface area is 159 Å². The predicted octanol–water partition coefficient (Wildman–Crippen LogP) is 2.50. The maximum Gasteiger partial charge on any atom is 0.229 e. The van der Waals surface area contributed by atoms with Crippen molar-refractivity contribution in [1.29, 1.82) is 0 Å². The van der Waals surface area contributed by atoms with Crippen molar-refractivity contribution in [2.45, 2.75) is 13.0 Å². The van der Waals surface area contributed by atoms with Crippen molar-refractivity contribution in [2.24, 2.45) is 5.92 Å². The third-order valence-corrected chi connectivity index (χ3v) is 4.71. The van der Waals surface area contributed by atoms with Crippen LogP contribution in [-0.2, 0) is 16.1 Å². The number of para-hydroxylation sites is 1. The third kappa shape index (κ3) is 3.56. The number of amides is 2. The van der Waals surface area contributed by atoms with Gasteiger partial charge in [-0.1, -0.05) is 17.7 Å². The lowest BCUT2D eigenvalue weighted by Crippen LogP contribution is -2.28. The lowest BCUT2D eigenvalue weighted by molar-refractivity contribution is -0.128. The van der Waals surface area contributed by atoms with E-state index in [1.54, 1.807) is 41.5 Å². The van der Waals surface area contributed by atoms with Gasteiger partial charge >= 0.3 is 0 Å². The van der Waals surface area contributed by atoms with E-state index >= 15 is 0 Å². The number of hydrogen-bond acceptors (Lipinski definition) is 5. The maximum atomic E-state index is 12.7. The number of carbonyl (C=O) groups excluding carboxylic acids is 2. The Morgan fingerprint density at radius 2 is 2.22 bits per heavy atom. The van der Waals surface area contributed by atoms with Crippen LogP contribution in [0.15, 0.2) is 53.7 Å². The molecule has 0 radical (unpaired) electrons. The van der Waals surface area contributed by atoms with E-state index in [0.717, 1.165) is 0 Å². The van der Waals surface area contributed by atoms with Crippen molar-refractivity contribution in [2.75, 3.05) is 11.9 Å². The van der Waals surface area contributed by atoms with Crippen LogP contribution in [0.4, 0.5) is 5.69 Å². The Morgan fingerprint density at radius 1 is 1.33 bits per heavy atom. The number of carbonyl (C=O) groups is 2. The minimum atomic E-state index is -0.449. The van der Waals surface area contributed by atoms with E-state index in [1.165, 1.54) is 17.3 Å². The molecule has 1 atom stereocenters. The standard InChI is InChI=1S/C18H16ClN5O3/c19-14-4-1-5-15(17(14)24-11-20-10-21-24)22-18(26)12-7-16(25)23(8-12)9-13-3-2-6-27-13/h1-6,10-12H,7-9H2,(H,22,26). The number of hydrogen-bond donors (Lipinski definition) is 1. The molecule has 0 bridgehead atoms. The van der Waals surface area contributed by atoms with Gasteiger partial charge in [-0.25, -0.2) is 9.67 Å². The first-order valence-corrected chi connectivity index (χ1v) is 8.74. The van der Waals surface area contributed by atoms with Crippen molar-refractivity contribution < 1.29 is 14.0 Å². The van der Waals surface area contributed by atoms with Crippen molar-refractivity contribution in [3.8, 4) is 5.69 Å². The number of nitrogens with zero attached hydrogens (tertiary/aromatic N) is 4. The van der Waals surface area contributed by atoms with Crippen LogP contribution in [0.2, 0.25) is 5.02 Å². The highest BCUT2D eigenvalue weighted by Gasteiger charge is 2.35. The van der Waals surface area contributed by atoms with Crippen LogP contribution in [-0.4, -0.2) is 38.0 Å². The summed E-state index contributed by atoms with van der Waals surface area (Å²) >= 11 is 6.28. The second-order valence-corrected chi connectivity index (χ2v) is 6.63. The van der Waals surface area contributed by atoms with Crippen molar-refractivity contribution in [3.63, 3.8) is 0 Å². The van der Waals surface area contributed by atoms with Gasteiger partial charge in [-0.3, -0.25) is 9.59 Å². The molecule has 1 unspecified atom stereocenters. The molecule has 1 aliphatic heterocycles. The molecule has 0 spiro atoms. The maximum absolute atomic E-state index is 12.7. The Kier molecular flexibility index (Phi) is 4.64. The molecule has 8 nitrogen and oxygen atoms in total. The SMILES string of the molecule is O=C(Nc1cccc(Cl)c1-n1cncn1)C1CC(=O)N(Cc2ccco2)C1. The predicted molar refractivity (Wildman–Crippen MR) is 97.2 cm³/mol. The molecule has 27 heavy (non-hydrogen) atoms. The molecule has 1 aliphatic rings. The fourth-order valence-electron chi connectivity index (χ4n) is 3.10. The fourth-order valence-corrected chi connectivity index (χ4v) is 3.36. The highest BCUT2D eigenvalue weighted by molar-refractivity contribution is 6.33. The quantitative estimate of drug-likeness (QED) is 0.728. The van der Waals surface area contributed by atoms with Gasteiger partial charge < -0.3 is 14.6 Å². The molecule has 1 fully saturated rings. The summed E-state index contributed by atoms with van der Waals surface area (Å²) in [6, 6.07) is 8.75. The summed E-state index contributed by atoms with van der Waals surface area (Å²) in [6.45, 7) is 0.696. The molecule has 2 amide bonds. The van der Waals surface area contributed by atoms with Gasteiger partial charge in [0.05, 0.1) is 29.4 Å². The summed E-state index contributed by atoms with van der Waals surface area (Å²) < 4.78 is 6.77. The summed E-state index contributed by atoms with van der Waals surface area (Å²) in [7, 11) is 0. The normalized spacial score (nSPS) is 16.7. The summed E-state index contributed by atoms with van der Waals surface area (Å²) in [5, 5.41) is 7.37. The number of likely N-dealkylation sites (tertiary alicyclic amines) is 1. The minimum absolute atomic E-state index is 0.0749. The highest BCUT2D eigenvalue weighted by atomic mass is 35.5. The molecular weight excluding hydrogens is 370 g/mol. The van der Waals surface area contributed by atoms with Crippen molar-refractivity contribution in [3.05, 3.63) is 60.0 Å². The molecular formula is C18H16ClN5O3. The molecule has 1 saturated heterocycles. The first-order chi connectivity index (χ1) is 13.1. The lowest BCUT2D eigenvalue weighted by Gasteiger charge is -2.16. The van der Waals surface area contributed by atoms with Gasteiger partial charge in [-0.2, -0.15) is 5.10 Å². The van der Waals surface area contributed by atoms with E-state index in [2.05, 4.69) is 15.4 Å². The van der Waals surface area contributed by atoms with E-state index in [9.17, 15) is 9.59 Å². The average molecular weight is 386 g/mol. The smallest absolute Gasteiger partial charge is 0.229 e. The number of nitrogens with one attached hydrogen (secondary N) is 1. The first-order valence-electron chi connectivity index (χ1n) is 8.36. The Balaban J connectivity index is 1.49. The molecule has 0 saturated carbocycles. The molecule has 2 aromatic heterocycles. The molecule has 3 aromatic rings. The van der Waals surface area contributed by atoms with Crippen LogP contribution in [0.3, 0.4) is 0 Å². The average Bonchev–Trinajstić information content (AvgIpc) is 3.39. The first kappa shape index (κ1) is 17.3. The van der Waals surface area contributed by atoms with Gasteiger partial charge in [0.15, 0.2) is 0 Å². The van der Waals surface area contributed by atoms with E-state index in [0.29, 0.717) is 35.2 Å². The van der Waals surface area contributed by atoms with Crippen molar-refractivity contribution in [1.82, 2.24) is 19.7 Å². The molecule has 3 heterocycles. The van der Waals surface area contributed by atoms with Gasteiger partial charge in [0, 0.05) is 13.0 Å². The monoisotopic (exact) mass is 385 g/mol. The zero-order valence-electron chi connectivity index (χ0n) is 14.2. The molecule has 1 N–H and O–H groups in total. The second kappa shape index (κ2) is 7.24. The van der Waals surface area contributed by atoms with Gasteiger partial charge in [-0.15, -0.1) is 0 Å². The van der Waals surface area contributed by atoms with Crippen LogP contribution < -0.4 is 5.32 Å². The number of furan rings is 1. The van der Waals surface area contributed by atoms with E-state index < -0.39 is 5.92 Å². The Hall–Kier alpha value is -3.13. The Morgan fingerprint density at radius 3 is 2.96 bits per heavy atom. The number of aromatic nitrogens is 3. The van der Waals surface area contributed by atoms with Crippen molar-refractivity contribution >= 4 is 29.1 Å². The summed E-state index contributed by atoms with van der Waals surface area (Å²) in [5.74, 6) is -0.0779. The van der Waals surface area contributed by atoms with E-state index in [-0.39, 0.29) is 18.2 Å². The molecule has 9 heteroatoms. The zero-order valence-corrected chi connectivity index (χ0v) is 15.0. The van der Waals surface area contributed by atoms with Crippen LogP contribution in [0, 0.1) is 5.92 Å². The summed E-state index contributed by atoms with van der Waals surface area (Å²) in [4.78, 5) is 30.5. The second-order valence-electron chi connectivity index (χ2n) is 6.22. The summed E-state index contributed by atoms with van der Waals surface area (Å²) in [5.41, 5.74) is 1.04. The largest absolute Gasteiger partial charge is 0.467 e. The fraction of sp³-hybridized carbons (Fsp3) is 0.222. The topological polar surface area (TPSA) is 93.3 Å². The van der Waals surface area contributed by atoms with E-state index in [4.69, 9.17) is 16.0 Å². The lowest BCUT2D eigenvalue weighted by atomic mass is 10.1. The van der Waals surface area contributed by atoms with Crippen LogP contribution >= 0.6 is 11.6 Å².